The zero-order valence-corrected chi connectivity index (χ0v) is 11.1. The Bertz CT molecular complexity index is 327. The molecule has 0 aliphatic rings. The standard InChI is InChI=1S/C11H20N2O5/c1-5-18-8(14)6-7-12-10(17)13(4)11(2,3)9(15)16/h5-7H2,1-4H3,(H,12,17)(H,15,16). The molecular formula is C11H20N2O5. The summed E-state index contributed by atoms with van der Waals surface area (Å²) >= 11 is 0. The molecule has 0 unspecified atom stereocenters. The van der Waals surface area contributed by atoms with E-state index in [1.807, 2.05) is 0 Å². The first-order chi connectivity index (χ1) is 8.23. The highest BCUT2D eigenvalue weighted by molar-refractivity contribution is 5.85. The van der Waals surface area contributed by atoms with Gasteiger partial charge in [-0.05, 0) is 20.8 Å². The first kappa shape index (κ1) is 16.2. The zero-order valence-electron chi connectivity index (χ0n) is 11.1. The van der Waals surface area contributed by atoms with Crippen LogP contribution >= 0.6 is 0 Å². The van der Waals surface area contributed by atoms with Crippen LogP contribution < -0.4 is 5.32 Å². The van der Waals surface area contributed by atoms with Gasteiger partial charge in [-0.3, -0.25) is 4.79 Å². The normalized spacial score (nSPS) is 10.7. The fourth-order valence-electron chi connectivity index (χ4n) is 1.02. The van der Waals surface area contributed by atoms with Crippen LogP contribution in [-0.4, -0.2) is 53.7 Å². The lowest BCUT2D eigenvalue weighted by Gasteiger charge is -2.31. The van der Waals surface area contributed by atoms with Crippen LogP contribution in [0, 0.1) is 0 Å². The summed E-state index contributed by atoms with van der Waals surface area (Å²) in [4.78, 5) is 34.7. The average Bonchev–Trinajstić information content (AvgIpc) is 2.27. The molecule has 0 aromatic carbocycles. The van der Waals surface area contributed by atoms with Gasteiger partial charge in [0.05, 0.1) is 13.0 Å². The molecule has 0 heterocycles. The summed E-state index contributed by atoms with van der Waals surface area (Å²) in [5.74, 6) is -1.51. The summed E-state index contributed by atoms with van der Waals surface area (Å²) in [6.07, 6.45) is 0.0565. The van der Waals surface area contributed by atoms with E-state index in [2.05, 4.69) is 5.32 Å². The first-order valence-electron chi connectivity index (χ1n) is 5.64. The molecule has 7 nitrogen and oxygen atoms in total. The summed E-state index contributed by atoms with van der Waals surface area (Å²) in [6.45, 7) is 4.93. The van der Waals surface area contributed by atoms with Gasteiger partial charge in [0.25, 0.3) is 0 Å². The number of hydrogen-bond donors (Lipinski definition) is 2. The van der Waals surface area contributed by atoms with Gasteiger partial charge in [0.1, 0.15) is 5.54 Å². The van der Waals surface area contributed by atoms with Crippen molar-refractivity contribution in [3.8, 4) is 0 Å². The van der Waals surface area contributed by atoms with Gasteiger partial charge in [-0.2, -0.15) is 0 Å². The molecule has 0 spiro atoms. The predicted octanol–water partition coefficient (Wildman–Crippen LogP) is 0.444. The van der Waals surface area contributed by atoms with Gasteiger partial charge < -0.3 is 20.1 Å². The van der Waals surface area contributed by atoms with E-state index in [1.165, 1.54) is 20.9 Å². The number of nitrogens with one attached hydrogen (secondary N) is 1. The van der Waals surface area contributed by atoms with Crippen molar-refractivity contribution in [2.24, 2.45) is 0 Å². The molecule has 2 N–H and O–H groups in total. The van der Waals surface area contributed by atoms with Crippen LogP contribution in [0.1, 0.15) is 27.2 Å². The van der Waals surface area contributed by atoms with E-state index < -0.39 is 23.5 Å². The number of ether oxygens (including phenoxy) is 1. The van der Waals surface area contributed by atoms with Crippen LogP contribution in [0.3, 0.4) is 0 Å². The summed E-state index contributed by atoms with van der Waals surface area (Å²) in [7, 11) is 1.38. The number of aliphatic carboxylic acids is 1. The number of hydrogen-bond acceptors (Lipinski definition) is 4. The molecule has 18 heavy (non-hydrogen) atoms. The molecule has 0 atom stereocenters. The summed E-state index contributed by atoms with van der Waals surface area (Å²) in [5, 5.41) is 11.4. The molecule has 0 bridgehead atoms. The molecule has 0 radical (unpaired) electrons. The molecule has 7 heteroatoms. The van der Waals surface area contributed by atoms with Crippen molar-refractivity contribution in [2.45, 2.75) is 32.7 Å². The number of carbonyl (C=O) groups excluding carboxylic acids is 2. The summed E-state index contributed by atoms with van der Waals surface area (Å²) < 4.78 is 4.69. The molecule has 0 aromatic rings. The number of carboxylic acid groups (broad SMARTS) is 1. The lowest BCUT2D eigenvalue weighted by Crippen LogP contribution is -2.54. The van der Waals surface area contributed by atoms with Gasteiger partial charge in [0.2, 0.25) is 0 Å². The van der Waals surface area contributed by atoms with E-state index >= 15 is 0 Å². The third-order valence-corrected chi connectivity index (χ3v) is 2.58. The highest BCUT2D eigenvalue weighted by Crippen LogP contribution is 2.12. The minimum absolute atomic E-state index is 0.0565. The molecule has 0 aliphatic heterocycles. The maximum Gasteiger partial charge on any atom is 0.329 e. The van der Waals surface area contributed by atoms with Crippen molar-refractivity contribution >= 4 is 18.0 Å². The molecule has 104 valence electrons. The average molecular weight is 260 g/mol. The van der Waals surface area contributed by atoms with Crippen molar-refractivity contribution in [2.75, 3.05) is 20.2 Å². The van der Waals surface area contributed by atoms with Gasteiger partial charge in [0.15, 0.2) is 0 Å². The molecule has 0 fully saturated rings. The Morgan fingerprint density at radius 1 is 1.33 bits per heavy atom. The monoisotopic (exact) mass is 260 g/mol. The Hall–Kier alpha value is -1.79. The lowest BCUT2D eigenvalue weighted by atomic mass is 10.1. The second kappa shape index (κ2) is 6.83. The quantitative estimate of drug-likeness (QED) is 0.676. The number of likely N-dealkylation sites (N-methyl/N-ethyl adjacent to an activating group) is 1. The fourth-order valence-corrected chi connectivity index (χ4v) is 1.02. The van der Waals surface area contributed by atoms with Gasteiger partial charge in [-0.25, -0.2) is 9.59 Å². The third kappa shape index (κ3) is 4.60. The highest BCUT2D eigenvalue weighted by atomic mass is 16.5. The molecule has 0 saturated carbocycles. The molecular weight excluding hydrogens is 240 g/mol. The number of amides is 2. The number of rotatable bonds is 6. The van der Waals surface area contributed by atoms with E-state index in [-0.39, 0.29) is 13.0 Å². The summed E-state index contributed by atoms with van der Waals surface area (Å²) in [6, 6.07) is -0.549. The second-order valence-electron chi connectivity index (χ2n) is 4.21. The Balaban J connectivity index is 4.18. The maximum absolute atomic E-state index is 11.6. The Kier molecular flexibility index (Phi) is 6.15. The molecule has 0 aliphatic carbocycles. The van der Waals surface area contributed by atoms with Crippen LogP contribution in [0.5, 0.6) is 0 Å². The van der Waals surface area contributed by atoms with Gasteiger partial charge in [-0.15, -0.1) is 0 Å². The van der Waals surface area contributed by atoms with Gasteiger partial charge in [-0.1, -0.05) is 0 Å². The number of esters is 1. The smallest absolute Gasteiger partial charge is 0.329 e. The molecule has 2 amide bonds. The lowest BCUT2D eigenvalue weighted by molar-refractivity contribution is -0.147. The van der Waals surface area contributed by atoms with E-state index in [0.717, 1.165) is 4.90 Å². The zero-order chi connectivity index (χ0) is 14.3. The molecule has 0 aromatic heterocycles. The van der Waals surface area contributed by atoms with Crippen molar-refractivity contribution in [1.29, 1.82) is 0 Å². The highest BCUT2D eigenvalue weighted by Gasteiger charge is 2.35. The van der Waals surface area contributed by atoms with Crippen molar-refractivity contribution in [3.05, 3.63) is 0 Å². The van der Waals surface area contributed by atoms with Crippen molar-refractivity contribution in [1.82, 2.24) is 10.2 Å². The summed E-state index contributed by atoms with van der Waals surface area (Å²) in [5.41, 5.74) is -1.31. The fraction of sp³-hybridized carbons (Fsp3) is 0.727. The van der Waals surface area contributed by atoms with Crippen LogP contribution in [0.15, 0.2) is 0 Å². The minimum atomic E-state index is -1.31. The van der Waals surface area contributed by atoms with Gasteiger partial charge in [0, 0.05) is 13.6 Å². The largest absolute Gasteiger partial charge is 0.480 e. The third-order valence-electron chi connectivity index (χ3n) is 2.58. The van der Waals surface area contributed by atoms with E-state index in [0.29, 0.717) is 6.61 Å². The molecule has 0 rings (SSSR count). The molecule has 0 saturated heterocycles. The van der Waals surface area contributed by atoms with E-state index in [4.69, 9.17) is 9.84 Å². The van der Waals surface area contributed by atoms with Crippen molar-refractivity contribution in [3.63, 3.8) is 0 Å². The number of carboxylic acids is 1. The van der Waals surface area contributed by atoms with Crippen LogP contribution in [0.2, 0.25) is 0 Å². The number of urea groups is 1. The Labute approximate surface area is 106 Å². The maximum atomic E-state index is 11.6. The van der Waals surface area contributed by atoms with Crippen LogP contribution in [0.4, 0.5) is 4.79 Å². The van der Waals surface area contributed by atoms with Gasteiger partial charge >= 0.3 is 18.0 Å². The Morgan fingerprint density at radius 3 is 2.33 bits per heavy atom. The minimum Gasteiger partial charge on any atom is -0.480 e. The topological polar surface area (TPSA) is 95.9 Å². The first-order valence-corrected chi connectivity index (χ1v) is 5.64. The van der Waals surface area contributed by atoms with E-state index in [9.17, 15) is 14.4 Å². The van der Waals surface area contributed by atoms with Crippen LogP contribution in [-0.2, 0) is 14.3 Å². The number of carbonyl (C=O) groups is 3. The second-order valence-corrected chi connectivity index (χ2v) is 4.21. The van der Waals surface area contributed by atoms with E-state index in [1.54, 1.807) is 6.92 Å². The van der Waals surface area contributed by atoms with Crippen LogP contribution in [0.25, 0.3) is 0 Å². The predicted molar refractivity (Wildman–Crippen MR) is 64.1 cm³/mol. The SMILES string of the molecule is CCOC(=O)CCNC(=O)N(C)C(C)(C)C(=O)O. The van der Waals surface area contributed by atoms with Crippen molar-refractivity contribution < 1.29 is 24.2 Å². The number of nitrogens with zero attached hydrogens (tertiary/aromatic N) is 1. The Morgan fingerprint density at radius 2 is 1.89 bits per heavy atom.